The van der Waals surface area contributed by atoms with Crippen LogP contribution in [0.15, 0.2) is 12.4 Å². The summed E-state index contributed by atoms with van der Waals surface area (Å²) in [6.45, 7) is 6.44. The van der Waals surface area contributed by atoms with Crippen LogP contribution in [0.3, 0.4) is 0 Å². The van der Waals surface area contributed by atoms with Crippen molar-refractivity contribution in [1.82, 2.24) is 15.3 Å². The van der Waals surface area contributed by atoms with Crippen molar-refractivity contribution in [3.05, 3.63) is 18.0 Å². The van der Waals surface area contributed by atoms with Crippen LogP contribution in [-0.4, -0.2) is 29.6 Å². The van der Waals surface area contributed by atoms with Crippen LogP contribution in [-0.2, 0) is 6.54 Å². The molecule has 1 aliphatic carbocycles. The summed E-state index contributed by atoms with van der Waals surface area (Å²) in [5, 5.41) is 3.11. The molecule has 2 rings (SSSR count). The minimum Gasteiger partial charge on any atom is -0.338 e. The zero-order chi connectivity index (χ0) is 13.0. The zero-order valence-corrected chi connectivity index (χ0v) is 11.7. The van der Waals surface area contributed by atoms with E-state index in [1.165, 1.54) is 19.3 Å². The predicted molar refractivity (Wildman–Crippen MR) is 74.6 cm³/mol. The fourth-order valence-corrected chi connectivity index (χ4v) is 2.02. The fraction of sp³-hybridized carbons (Fsp3) is 0.714. The van der Waals surface area contributed by atoms with E-state index in [0.29, 0.717) is 6.04 Å². The van der Waals surface area contributed by atoms with E-state index in [9.17, 15) is 0 Å². The van der Waals surface area contributed by atoms with Crippen molar-refractivity contribution in [3.8, 4) is 0 Å². The average Bonchev–Trinajstić information content (AvgIpc) is 3.16. The monoisotopic (exact) mass is 248 g/mol. The van der Waals surface area contributed by atoms with Crippen molar-refractivity contribution in [2.45, 2.75) is 45.7 Å². The molecule has 1 heterocycles. The summed E-state index contributed by atoms with van der Waals surface area (Å²) in [4.78, 5) is 11.4. The van der Waals surface area contributed by atoms with Crippen LogP contribution in [0.25, 0.3) is 0 Å². The summed E-state index contributed by atoms with van der Waals surface area (Å²) in [7, 11) is 1.94. The van der Waals surface area contributed by atoms with Crippen LogP contribution in [0.2, 0.25) is 0 Å². The van der Waals surface area contributed by atoms with Crippen LogP contribution >= 0.6 is 0 Å². The Hall–Kier alpha value is -1.16. The molecule has 0 bridgehead atoms. The maximum Gasteiger partial charge on any atom is 0.225 e. The highest BCUT2D eigenvalue weighted by Crippen LogP contribution is 2.30. The van der Waals surface area contributed by atoms with E-state index >= 15 is 0 Å². The smallest absolute Gasteiger partial charge is 0.225 e. The van der Waals surface area contributed by atoms with Crippen molar-refractivity contribution >= 4 is 5.95 Å². The first kappa shape index (κ1) is 13.3. The molecule has 1 aliphatic rings. The Morgan fingerprint density at radius 2 is 2.00 bits per heavy atom. The number of rotatable bonds is 7. The molecule has 0 amide bonds. The first-order valence-electron chi connectivity index (χ1n) is 6.93. The van der Waals surface area contributed by atoms with Crippen LogP contribution < -0.4 is 10.2 Å². The van der Waals surface area contributed by atoms with Crippen molar-refractivity contribution in [1.29, 1.82) is 0 Å². The lowest BCUT2D eigenvalue weighted by molar-refractivity contribution is 0.565. The molecule has 0 unspecified atom stereocenters. The maximum absolute atomic E-state index is 4.51. The molecular weight excluding hydrogens is 224 g/mol. The van der Waals surface area contributed by atoms with Crippen molar-refractivity contribution in [2.75, 3.05) is 18.5 Å². The van der Waals surface area contributed by atoms with E-state index in [0.717, 1.165) is 30.5 Å². The lowest BCUT2D eigenvalue weighted by Crippen LogP contribution is -2.29. The average molecular weight is 248 g/mol. The van der Waals surface area contributed by atoms with Gasteiger partial charge in [-0.25, -0.2) is 9.97 Å². The van der Waals surface area contributed by atoms with Gasteiger partial charge in [0.1, 0.15) is 0 Å². The van der Waals surface area contributed by atoms with Gasteiger partial charge in [0.15, 0.2) is 0 Å². The molecule has 18 heavy (non-hydrogen) atoms. The second-order valence-corrected chi connectivity index (χ2v) is 5.53. The number of hydrogen-bond acceptors (Lipinski definition) is 4. The molecule has 1 fully saturated rings. The van der Waals surface area contributed by atoms with Gasteiger partial charge in [-0.2, -0.15) is 0 Å². The molecule has 4 nitrogen and oxygen atoms in total. The van der Waals surface area contributed by atoms with E-state index in [4.69, 9.17) is 0 Å². The topological polar surface area (TPSA) is 41.1 Å². The summed E-state index contributed by atoms with van der Waals surface area (Å²) in [6, 6.07) is 0.680. The fourth-order valence-electron chi connectivity index (χ4n) is 2.02. The summed E-state index contributed by atoms with van der Waals surface area (Å²) >= 11 is 0. The summed E-state index contributed by atoms with van der Waals surface area (Å²) in [6.07, 6.45) is 7.66. The third kappa shape index (κ3) is 3.67. The Labute approximate surface area is 110 Å². The van der Waals surface area contributed by atoms with Gasteiger partial charge in [-0.05, 0) is 32.2 Å². The van der Waals surface area contributed by atoms with E-state index in [1.807, 2.05) is 19.4 Å². The third-order valence-electron chi connectivity index (χ3n) is 3.26. The first-order valence-corrected chi connectivity index (χ1v) is 6.93. The molecule has 0 atom stereocenters. The molecule has 4 heteroatoms. The minimum absolute atomic E-state index is 0.680. The maximum atomic E-state index is 4.51. The van der Waals surface area contributed by atoms with E-state index in [1.54, 1.807) is 0 Å². The Morgan fingerprint density at radius 3 is 2.50 bits per heavy atom. The van der Waals surface area contributed by atoms with Gasteiger partial charge in [-0.3, -0.25) is 0 Å². The van der Waals surface area contributed by atoms with Gasteiger partial charge in [0.05, 0.1) is 0 Å². The van der Waals surface area contributed by atoms with Crippen LogP contribution in [0.5, 0.6) is 0 Å². The molecule has 0 saturated heterocycles. The molecule has 0 radical (unpaired) electrons. The molecule has 100 valence electrons. The van der Waals surface area contributed by atoms with Crippen LogP contribution in [0.4, 0.5) is 5.95 Å². The molecule has 1 aromatic rings. The zero-order valence-electron chi connectivity index (χ0n) is 11.7. The minimum atomic E-state index is 0.680. The molecule has 1 N–H and O–H groups in total. The van der Waals surface area contributed by atoms with E-state index in [2.05, 4.69) is 34.0 Å². The van der Waals surface area contributed by atoms with Gasteiger partial charge in [0, 0.05) is 37.1 Å². The number of hydrogen-bond donors (Lipinski definition) is 1. The van der Waals surface area contributed by atoms with Gasteiger partial charge in [0.2, 0.25) is 5.95 Å². The van der Waals surface area contributed by atoms with Crippen molar-refractivity contribution in [3.63, 3.8) is 0 Å². The van der Waals surface area contributed by atoms with Gasteiger partial charge in [-0.1, -0.05) is 13.8 Å². The Kier molecular flexibility index (Phi) is 4.53. The molecule has 0 aromatic carbocycles. The number of nitrogens with one attached hydrogen (secondary N) is 1. The highest BCUT2D eigenvalue weighted by atomic mass is 15.3. The van der Waals surface area contributed by atoms with E-state index < -0.39 is 0 Å². The van der Waals surface area contributed by atoms with Gasteiger partial charge in [0.25, 0.3) is 0 Å². The molecular formula is C14H24N4. The van der Waals surface area contributed by atoms with E-state index in [-0.39, 0.29) is 0 Å². The highest BCUT2D eigenvalue weighted by Gasteiger charge is 2.30. The second kappa shape index (κ2) is 6.14. The third-order valence-corrected chi connectivity index (χ3v) is 3.26. The normalized spacial score (nSPS) is 15.1. The number of nitrogens with zero attached hydrogens (tertiary/aromatic N) is 3. The van der Waals surface area contributed by atoms with Crippen molar-refractivity contribution in [2.24, 2.45) is 5.92 Å². The predicted octanol–water partition coefficient (Wildman–Crippen LogP) is 2.21. The van der Waals surface area contributed by atoms with Gasteiger partial charge in [-0.15, -0.1) is 0 Å². The first-order chi connectivity index (χ1) is 8.70. The molecule has 1 saturated carbocycles. The summed E-state index contributed by atoms with van der Waals surface area (Å²) < 4.78 is 0. The highest BCUT2D eigenvalue weighted by molar-refractivity contribution is 5.34. The van der Waals surface area contributed by atoms with Gasteiger partial charge >= 0.3 is 0 Å². The standard InChI is InChI=1S/C14H24N4/c1-11(2)6-7-18(13-4-5-13)14-16-9-12(8-15-3)10-17-14/h9-11,13,15H,4-8H2,1-3H3. The lowest BCUT2D eigenvalue weighted by atomic mass is 10.1. The summed E-state index contributed by atoms with van der Waals surface area (Å²) in [5.74, 6) is 1.63. The van der Waals surface area contributed by atoms with Gasteiger partial charge < -0.3 is 10.2 Å². The quantitative estimate of drug-likeness (QED) is 0.803. The van der Waals surface area contributed by atoms with Crippen molar-refractivity contribution < 1.29 is 0 Å². The molecule has 0 spiro atoms. The molecule has 0 aliphatic heterocycles. The number of aromatic nitrogens is 2. The Bertz CT molecular complexity index is 357. The Morgan fingerprint density at radius 1 is 1.33 bits per heavy atom. The summed E-state index contributed by atoms with van der Waals surface area (Å²) in [5.41, 5.74) is 1.14. The lowest BCUT2D eigenvalue weighted by Gasteiger charge is -2.23. The molecule has 1 aromatic heterocycles. The second-order valence-electron chi connectivity index (χ2n) is 5.53. The number of anilines is 1. The van der Waals surface area contributed by atoms with Crippen LogP contribution in [0.1, 0.15) is 38.7 Å². The SMILES string of the molecule is CNCc1cnc(N(CCC(C)C)C2CC2)nc1. The van der Waals surface area contributed by atoms with Crippen LogP contribution in [0, 0.1) is 5.92 Å². The Balaban J connectivity index is 2.00. The largest absolute Gasteiger partial charge is 0.338 e.